The molecule has 0 atom stereocenters. The minimum atomic E-state index is -1.14. The van der Waals surface area contributed by atoms with Crippen LogP contribution in [-0.4, -0.2) is 32.0 Å². The van der Waals surface area contributed by atoms with Crippen LogP contribution < -0.4 is 0 Å². The van der Waals surface area contributed by atoms with Gasteiger partial charge in [-0.05, 0) is 6.07 Å². The van der Waals surface area contributed by atoms with Gasteiger partial charge in [0.25, 0.3) is 0 Å². The van der Waals surface area contributed by atoms with E-state index in [4.69, 9.17) is 5.11 Å². The summed E-state index contributed by atoms with van der Waals surface area (Å²) >= 11 is 0. The van der Waals surface area contributed by atoms with Crippen molar-refractivity contribution in [2.45, 2.75) is 0 Å². The molecule has 0 radical (unpaired) electrons. The van der Waals surface area contributed by atoms with Crippen LogP contribution in [0.4, 0.5) is 0 Å². The Balaban J connectivity index is 2.31. The Kier molecular flexibility index (Phi) is 2.09. The fourth-order valence-corrected chi connectivity index (χ4v) is 1.16. The summed E-state index contributed by atoms with van der Waals surface area (Å²) in [6, 6.07) is 2.80. The lowest BCUT2D eigenvalue weighted by atomic mass is 10.1. The van der Waals surface area contributed by atoms with Gasteiger partial charge < -0.3 is 10.1 Å². The molecular weight excluding hydrogens is 198 g/mol. The van der Waals surface area contributed by atoms with Gasteiger partial charge in [0.1, 0.15) is 11.4 Å². The third-order valence-electron chi connectivity index (χ3n) is 1.90. The third-order valence-corrected chi connectivity index (χ3v) is 1.90. The second-order valence-corrected chi connectivity index (χ2v) is 2.90. The standard InChI is InChI=1S/C9H7N3O3/c13-8(5-1-2-10-4-5)6-3-7(9(14)15)12-11-6/h1-4,10H,(H,11,12)(H,14,15). The van der Waals surface area contributed by atoms with E-state index in [1.807, 2.05) is 0 Å². The molecule has 0 bridgehead atoms. The predicted octanol–water partition coefficient (Wildman–Crippen LogP) is 0.667. The molecule has 0 aliphatic heterocycles. The van der Waals surface area contributed by atoms with Crippen molar-refractivity contribution in [3.8, 4) is 0 Å². The van der Waals surface area contributed by atoms with Crippen molar-refractivity contribution >= 4 is 11.8 Å². The number of carbonyl (C=O) groups excluding carboxylic acids is 1. The number of hydrogen-bond acceptors (Lipinski definition) is 3. The van der Waals surface area contributed by atoms with Crippen molar-refractivity contribution in [3.63, 3.8) is 0 Å². The highest BCUT2D eigenvalue weighted by Gasteiger charge is 2.15. The van der Waals surface area contributed by atoms with Crippen LogP contribution in [-0.2, 0) is 0 Å². The van der Waals surface area contributed by atoms with Gasteiger partial charge in [-0.15, -0.1) is 0 Å². The number of carboxylic acids is 1. The molecular formula is C9H7N3O3. The van der Waals surface area contributed by atoms with E-state index in [2.05, 4.69) is 15.2 Å². The van der Waals surface area contributed by atoms with Gasteiger partial charge in [0.05, 0.1) is 0 Å². The number of aromatic carboxylic acids is 1. The fraction of sp³-hybridized carbons (Fsp3) is 0. The highest BCUT2D eigenvalue weighted by Crippen LogP contribution is 2.07. The van der Waals surface area contributed by atoms with Crippen molar-refractivity contribution in [1.82, 2.24) is 15.2 Å². The summed E-state index contributed by atoms with van der Waals surface area (Å²) in [5, 5.41) is 14.5. The quantitative estimate of drug-likeness (QED) is 0.641. The highest BCUT2D eigenvalue weighted by atomic mass is 16.4. The Morgan fingerprint density at radius 2 is 2.20 bits per heavy atom. The molecule has 2 heterocycles. The monoisotopic (exact) mass is 205 g/mol. The van der Waals surface area contributed by atoms with Gasteiger partial charge in [0, 0.05) is 24.0 Å². The topological polar surface area (TPSA) is 98.8 Å². The molecule has 3 N–H and O–H groups in total. The molecule has 0 saturated heterocycles. The number of aromatic nitrogens is 3. The summed E-state index contributed by atoms with van der Waals surface area (Å²) in [5.74, 6) is -1.46. The molecule has 0 amide bonds. The molecule has 6 nitrogen and oxygen atoms in total. The molecule has 2 rings (SSSR count). The minimum absolute atomic E-state index is 0.0898. The van der Waals surface area contributed by atoms with Crippen molar-refractivity contribution in [1.29, 1.82) is 0 Å². The average molecular weight is 205 g/mol. The van der Waals surface area contributed by atoms with E-state index in [1.54, 1.807) is 12.3 Å². The molecule has 76 valence electrons. The molecule has 2 aromatic heterocycles. The first-order valence-electron chi connectivity index (χ1n) is 4.14. The summed E-state index contributed by atoms with van der Waals surface area (Å²) in [7, 11) is 0. The fourth-order valence-electron chi connectivity index (χ4n) is 1.16. The van der Waals surface area contributed by atoms with Crippen LogP contribution in [0, 0.1) is 0 Å². The van der Waals surface area contributed by atoms with E-state index < -0.39 is 5.97 Å². The number of ketones is 1. The molecule has 0 aliphatic carbocycles. The molecule has 6 heteroatoms. The van der Waals surface area contributed by atoms with Gasteiger partial charge in [0.15, 0.2) is 0 Å². The smallest absolute Gasteiger partial charge is 0.353 e. The average Bonchev–Trinajstić information content (AvgIpc) is 2.88. The maximum absolute atomic E-state index is 11.6. The normalized spacial score (nSPS) is 10.1. The molecule has 0 fully saturated rings. The molecule has 15 heavy (non-hydrogen) atoms. The summed E-state index contributed by atoms with van der Waals surface area (Å²) in [5.41, 5.74) is 0.430. The second kappa shape index (κ2) is 3.41. The van der Waals surface area contributed by atoms with E-state index in [1.165, 1.54) is 12.3 Å². The van der Waals surface area contributed by atoms with Gasteiger partial charge in [-0.3, -0.25) is 9.89 Å². The number of carboxylic acid groups (broad SMARTS) is 1. The summed E-state index contributed by atoms with van der Waals surface area (Å²) < 4.78 is 0. The minimum Gasteiger partial charge on any atom is -0.477 e. The lowest BCUT2D eigenvalue weighted by Gasteiger charge is -1.89. The number of H-pyrrole nitrogens is 2. The zero-order valence-electron chi connectivity index (χ0n) is 7.52. The van der Waals surface area contributed by atoms with E-state index in [9.17, 15) is 9.59 Å². The Morgan fingerprint density at radius 3 is 2.73 bits per heavy atom. The molecule has 0 saturated carbocycles. The van der Waals surface area contributed by atoms with Gasteiger partial charge in [-0.1, -0.05) is 0 Å². The van der Waals surface area contributed by atoms with Crippen LogP contribution in [0.3, 0.4) is 0 Å². The maximum atomic E-state index is 11.6. The van der Waals surface area contributed by atoms with E-state index in [-0.39, 0.29) is 17.2 Å². The summed E-state index contributed by atoms with van der Waals surface area (Å²) in [6.45, 7) is 0. The largest absolute Gasteiger partial charge is 0.477 e. The third kappa shape index (κ3) is 1.64. The van der Waals surface area contributed by atoms with E-state index in [0.717, 1.165) is 0 Å². The van der Waals surface area contributed by atoms with Crippen LogP contribution in [0.5, 0.6) is 0 Å². The highest BCUT2D eigenvalue weighted by molar-refractivity contribution is 6.08. The SMILES string of the molecule is O=C(c1cc[nH]c1)c1cc(C(=O)O)[nH]n1. The number of hydrogen-bond donors (Lipinski definition) is 3. The van der Waals surface area contributed by atoms with Gasteiger partial charge in [0.2, 0.25) is 5.78 Å². The van der Waals surface area contributed by atoms with Crippen molar-refractivity contribution in [2.75, 3.05) is 0 Å². The molecule has 0 aromatic carbocycles. The summed E-state index contributed by atoms with van der Waals surface area (Å²) in [6.07, 6.45) is 3.13. The Labute approximate surface area is 83.9 Å². The molecule has 0 aliphatic rings. The number of aromatic amines is 2. The van der Waals surface area contributed by atoms with Crippen LogP contribution in [0.1, 0.15) is 26.5 Å². The molecule has 0 spiro atoms. The first-order valence-corrected chi connectivity index (χ1v) is 4.14. The Bertz CT molecular complexity index is 498. The van der Waals surface area contributed by atoms with Crippen LogP contribution >= 0.6 is 0 Å². The number of rotatable bonds is 3. The maximum Gasteiger partial charge on any atom is 0.353 e. The number of nitrogens with zero attached hydrogens (tertiary/aromatic N) is 1. The van der Waals surface area contributed by atoms with Crippen molar-refractivity contribution in [2.24, 2.45) is 0 Å². The van der Waals surface area contributed by atoms with Gasteiger partial charge in [-0.25, -0.2) is 4.79 Å². The lowest BCUT2D eigenvalue weighted by Crippen LogP contribution is -1.99. The van der Waals surface area contributed by atoms with Crippen LogP contribution in [0.15, 0.2) is 24.5 Å². The Hall–Kier alpha value is -2.37. The summed E-state index contributed by atoms with van der Waals surface area (Å²) in [4.78, 5) is 24.9. The van der Waals surface area contributed by atoms with Crippen LogP contribution in [0.25, 0.3) is 0 Å². The number of nitrogens with one attached hydrogen (secondary N) is 2. The Morgan fingerprint density at radius 1 is 1.40 bits per heavy atom. The van der Waals surface area contributed by atoms with Gasteiger partial charge in [-0.2, -0.15) is 5.10 Å². The second-order valence-electron chi connectivity index (χ2n) is 2.90. The zero-order chi connectivity index (χ0) is 10.8. The molecule has 0 unspecified atom stereocenters. The van der Waals surface area contributed by atoms with Gasteiger partial charge >= 0.3 is 5.97 Å². The van der Waals surface area contributed by atoms with Crippen molar-refractivity contribution < 1.29 is 14.7 Å². The van der Waals surface area contributed by atoms with E-state index >= 15 is 0 Å². The first kappa shape index (κ1) is 9.20. The zero-order valence-corrected chi connectivity index (χ0v) is 7.52. The molecule has 2 aromatic rings. The number of carbonyl (C=O) groups is 2. The van der Waals surface area contributed by atoms with Crippen LogP contribution in [0.2, 0.25) is 0 Å². The van der Waals surface area contributed by atoms with Crippen molar-refractivity contribution in [3.05, 3.63) is 41.5 Å². The predicted molar refractivity (Wildman–Crippen MR) is 49.8 cm³/mol. The lowest BCUT2D eigenvalue weighted by molar-refractivity contribution is 0.0690. The van der Waals surface area contributed by atoms with E-state index in [0.29, 0.717) is 5.56 Å². The first-order chi connectivity index (χ1) is 7.18.